The summed E-state index contributed by atoms with van der Waals surface area (Å²) in [6, 6.07) is 34.0. The van der Waals surface area contributed by atoms with E-state index in [0.717, 1.165) is 53.0 Å². The number of aryl methyl sites for hydroxylation is 1. The SMILES string of the molecule is COc1ccc(C2(c3ccc(OC)cc3)C=Cc3c4c(c5ccccc5c3O2)-c2ccccc2CCC4)cc1. The summed E-state index contributed by atoms with van der Waals surface area (Å²) in [7, 11) is 3.38. The van der Waals surface area contributed by atoms with Gasteiger partial charge in [0.15, 0.2) is 5.60 Å². The van der Waals surface area contributed by atoms with Gasteiger partial charge >= 0.3 is 0 Å². The van der Waals surface area contributed by atoms with Gasteiger partial charge in [-0.3, -0.25) is 0 Å². The summed E-state index contributed by atoms with van der Waals surface area (Å²) in [4.78, 5) is 0. The minimum absolute atomic E-state index is 0.800. The third kappa shape index (κ3) is 3.72. The average molecular weight is 511 g/mol. The third-order valence-corrected chi connectivity index (χ3v) is 8.26. The molecular weight excluding hydrogens is 480 g/mol. The van der Waals surface area contributed by atoms with E-state index in [0.29, 0.717) is 0 Å². The van der Waals surface area contributed by atoms with E-state index < -0.39 is 5.60 Å². The van der Waals surface area contributed by atoms with Gasteiger partial charge in [0.1, 0.15) is 17.2 Å². The van der Waals surface area contributed by atoms with Gasteiger partial charge in [0, 0.05) is 22.1 Å². The van der Waals surface area contributed by atoms with Crippen molar-refractivity contribution in [1.29, 1.82) is 0 Å². The normalized spacial score (nSPS) is 14.9. The predicted molar refractivity (Wildman–Crippen MR) is 158 cm³/mol. The average Bonchev–Trinajstić information content (AvgIpc) is 3.21. The lowest BCUT2D eigenvalue weighted by atomic mass is 9.81. The Balaban J connectivity index is 1.50. The first-order valence-corrected chi connectivity index (χ1v) is 13.5. The van der Waals surface area contributed by atoms with E-state index in [-0.39, 0.29) is 0 Å². The molecule has 7 rings (SSSR count). The zero-order valence-electron chi connectivity index (χ0n) is 22.2. The van der Waals surface area contributed by atoms with Crippen LogP contribution in [-0.4, -0.2) is 14.2 Å². The minimum atomic E-state index is -0.800. The van der Waals surface area contributed by atoms with E-state index in [9.17, 15) is 0 Å². The van der Waals surface area contributed by atoms with Crippen molar-refractivity contribution >= 4 is 16.8 Å². The van der Waals surface area contributed by atoms with E-state index in [1.807, 2.05) is 24.3 Å². The quantitative estimate of drug-likeness (QED) is 0.243. The summed E-state index contributed by atoms with van der Waals surface area (Å²) >= 11 is 0. The highest BCUT2D eigenvalue weighted by Gasteiger charge is 2.39. The summed E-state index contributed by atoms with van der Waals surface area (Å²) in [5.41, 5.74) is 7.98. The Kier molecular flexibility index (Phi) is 5.66. The van der Waals surface area contributed by atoms with Crippen LogP contribution in [0.1, 0.15) is 34.2 Å². The van der Waals surface area contributed by atoms with Crippen LogP contribution in [0.4, 0.5) is 0 Å². The van der Waals surface area contributed by atoms with E-state index >= 15 is 0 Å². The fourth-order valence-corrected chi connectivity index (χ4v) is 6.32. The highest BCUT2D eigenvalue weighted by atomic mass is 16.5. The van der Waals surface area contributed by atoms with Gasteiger partial charge in [-0.05, 0) is 77.2 Å². The van der Waals surface area contributed by atoms with Crippen molar-refractivity contribution in [3.63, 3.8) is 0 Å². The summed E-state index contributed by atoms with van der Waals surface area (Å²) in [5.74, 6) is 2.58. The summed E-state index contributed by atoms with van der Waals surface area (Å²) in [6.45, 7) is 0. The molecular formula is C36H30O3. The Morgan fingerprint density at radius 3 is 1.95 bits per heavy atom. The second-order valence-electron chi connectivity index (χ2n) is 10.3. The van der Waals surface area contributed by atoms with E-state index in [1.165, 1.54) is 33.2 Å². The Bertz CT molecular complexity index is 1660. The van der Waals surface area contributed by atoms with Crippen LogP contribution in [0.2, 0.25) is 0 Å². The fourth-order valence-electron chi connectivity index (χ4n) is 6.32. The molecule has 1 heterocycles. The molecule has 39 heavy (non-hydrogen) atoms. The molecule has 192 valence electrons. The minimum Gasteiger partial charge on any atom is -0.497 e. The first-order chi connectivity index (χ1) is 19.2. The number of hydrogen-bond acceptors (Lipinski definition) is 3. The highest BCUT2D eigenvalue weighted by Crippen LogP contribution is 2.51. The molecule has 0 atom stereocenters. The van der Waals surface area contributed by atoms with Crippen LogP contribution in [0.15, 0.2) is 103 Å². The van der Waals surface area contributed by atoms with Crippen molar-refractivity contribution in [3.05, 3.63) is 131 Å². The number of ether oxygens (including phenoxy) is 3. The van der Waals surface area contributed by atoms with Gasteiger partial charge < -0.3 is 14.2 Å². The second kappa shape index (κ2) is 9.36. The van der Waals surface area contributed by atoms with Crippen molar-refractivity contribution in [2.45, 2.75) is 24.9 Å². The molecule has 1 aliphatic carbocycles. The standard InChI is InChI=1S/C36H30O3/c1-37-27-18-14-25(15-19-27)36(26-16-20-28(38-2)21-17-26)23-22-33-31-13-7-9-24-8-3-4-10-29(24)34(31)30-11-5-6-12-32(30)35(33)39-36/h3-6,8,10-12,14-23H,7,9,13H2,1-2H3. The van der Waals surface area contributed by atoms with Crippen LogP contribution < -0.4 is 14.2 Å². The Morgan fingerprint density at radius 1 is 0.667 bits per heavy atom. The van der Waals surface area contributed by atoms with Gasteiger partial charge in [0.25, 0.3) is 0 Å². The molecule has 2 aliphatic rings. The molecule has 0 saturated heterocycles. The number of rotatable bonds is 4. The predicted octanol–water partition coefficient (Wildman–Crippen LogP) is 8.36. The molecule has 5 aromatic rings. The number of hydrogen-bond donors (Lipinski definition) is 0. The largest absolute Gasteiger partial charge is 0.497 e. The molecule has 3 heteroatoms. The van der Waals surface area contributed by atoms with Gasteiger partial charge in [-0.25, -0.2) is 0 Å². The van der Waals surface area contributed by atoms with Gasteiger partial charge in [-0.1, -0.05) is 78.9 Å². The van der Waals surface area contributed by atoms with Crippen LogP contribution in [-0.2, 0) is 18.4 Å². The van der Waals surface area contributed by atoms with Gasteiger partial charge in [0.05, 0.1) is 14.2 Å². The fraction of sp³-hybridized carbons (Fsp3) is 0.167. The molecule has 0 saturated carbocycles. The summed E-state index contributed by atoms with van der Waals surface area (Å²) < 4.78 is 18.2. The number of fused-ring (bicyclic) bond motifs is 8. The number of methoxy groups -OCH3 is 2. The zero-order valence-corrected chi connectivity index (χ0v) is 22.2. The van der Waals surface area contributed by atoms with Crippen LogP contribution in [0.25, 0.3) is 28.0 Å². The monoisotopic (exact) mass is 510 g/mol. The lowest BCUT2D eigenvalue weighted by Crippen LogP contribution is -2.34. The Morgan fingerprint density at radius 2 is 1.28 bits per heavy atom. The summed E-state index contributed by atoms with van der Waals surface area (Å²) in [6.07, 6.45) is 7.74. The van der Waals surface area contributed by atoms with Crippen molar-refractivity contribution in [2.75, 3.05) is 14.2 Å². The molecule has 0 radical (unpaired) electrons. The molecule has 0 bridgehead atoms. The maximum Gasteiger partial charge on any atom is 0.178 e. The third-order valence-electron chi connectivity index (χ3n) is 8.26. The van der Waals surface area contributed by atoms with Crippen molar-refractivity contribution in [3.8, 4) is 28.4 Å². The maximum absolute atomic E-state index is 7.28. The molecule has 0 N–H and O–H groups in total. The first kappa shape index (κ1) is 23.6. The topological polar surface area (TPSA) is 27.7 Å². The maximum atomic E-state index is 7.28. The molecule has 0 aromatic heterocycles. The van der Waals surface area contributed by atoms with Gasteiger partial charge in [0.2, 0.25) is 0 Å². The molecule has 0 fully saturated rings. The van der Waals surface area contributed by atoms with Crippen LogP contribution >= 0.6 is 0 Å². The first-order valence-electron chi connectivity index (χ1n) is 13.5. The molecule has 1 aliphatic heterocycles. The second-order valence-corrected chi connectivity index (χ2v) is 10.3. The molecule has 5 aromatic carbocycles. The number of benzene rings is 5. The Hall–Kier alpha value is -4.50. The van der Waals surface area contributed by atoms with E-state index in [2.05, 4.69) is 84.9 Å². The van der Waals surface area contributed by atoms with Crippen LogP contribution in [0.3, 0.4) is 0 Å². The molecule has 3 nitrogen and oxygen atoms in total. The van der Waals surface area contributed by atoms with Crippen molar-refractivity contribution in [2.24, 2.45) is 0 Å². The smallest absolute Gasteiger partial charge is 0.178 e. The highest BCUT2D eigenvalue weighted by molar-refractivity contribution is 6.05. The van der Waals surface area contributed by atoms with Crippen molar-refractivity contribution < 1.29 is 14.2 Å². The lowest BCUT2D eigenvalue weighted by Gasteiger charge is -2.38. The van der Waals surface area contributed by atoms with E-state index in [4.69, 9.17) is 14.2 Å². The van der Waals surface area contributed by atoms with Gasteiger partial charge in [-0.15, -0.1) is 0 Å². The van der Waals surface area contributed by atoms with Gasteiger partial charge in [-0.2, -0.15) is 0 Å². The lowest BCUT2D eigenvalue weighted by molar-refractivity contribution is 0.163. The summed E-state index contributed by atoms with van der Waals surface area (Å²) in [5, 5.41) is 2.38. The zero-order chi connectivity index (χ0) is 26.4. The molecule has 0 amide bonds. The Labute approximate surface area is 229 Å². The van der Waals surface area contributed by atoms with Crippen molar-refractivity contribution in [1.82, 2.24) is 0 Å². The molecule has 0 spiro atoms. The molecule has 0 unspecified atom stereocenters. The van der Waals surface area contributed by atoms with E-state index in [1.54, 1.807) is 14.2 Å². The van der Waals surface area contributed by atoms with Crippen LogP contribution in [0.5, 0.6) is 17.2 Å². The van der Waals surface area contributed by atoms with Crippen LogP contribution in [0, 0.1) is 0 Å².